The van der Waals surface area contributed by atoms with Crippen molar-refractivity contribution in [2.24, 2.45) is 0 Å². The molecule has 158 valence electrons. The SMILES string of the molecule is CC1(C)O[C@@H]2[C@H](O1)[C@@H](c1cccc(CO)c1)C[C@H]2n1cc(Br)c2c(N)nc(Cl)nc21. The normalized spacial score (nSPS) is 27.6. The predicted molar refractivity (Wildman–Crippen MR) is 117 cm³/mol. The van der Waals surface area contributed by atoms with E-state index in [1.54, 1.807) is 0 Å². The van der Waals surface area contributed by atoms with E-state index >= 15 is 0 Å². The number of anilines is 1. The number of hydrogen-bond acceptors (Lipinski definition) is 6. The lowest BCUT2D eigenvalue weighted by Crippen LogP contribution is -2.27. The summed E-state index contributed by atoms with van der Waals surface area (Å²) in [6.45, 7) is 3.87. The molecule has 0 unspecified atom stereocenters. The quantitative estimate of drug-likeness (QED) is 0.532. The van der Waals surface area contributed by atoms with E-state index in [-0.39, 0.29) is 36.1 Å². The molecule has 3 aromatic rings. The highest BCUT2D eigenvalue weighted by Crippen LogP contribution is 2.52. The topological polar surface area (TPSA) is 95.4 Å². The molecule has 3 N–H and O–H groups in total. The zero-order valence-electron chi connectivity index (χ0n) is 16.5. The van der Waals surface area contributed by atoms with Crippen LogP contribution in [0.2, 0.25) is 5.28 Å². The molecule has 1 saturated carbocycles. The number of aromatic nitrogens is 3. The lowest BCUT2D eigenvalue weighted by molar-refractivity contribution is -0.157. The zero-order valence-corrected chi connectivity index (χ0v) is 18.9. The lowest BCUT2D eigenvalue weighted by atomic mass is 9.94. The average Bonchev–Trinajstić information content (AvgIpc) is 3.29. The van der Waals surface area contributed by atoms with Gasteiger partial charge in [-0.1, -0.05) is 24.3 Å². The fourth-order valence-electron chi connectivity index (χ4n) is 4.83. The highest BCUT2D eigenvalue weighted by atomic mass is 79.9. The second-order valence-electron chi connectivity index (χ2n) is 8.34. The molecule has 0 bridgehead atoms. The molecule has 0 spiro atoms. The van der Waals surface area contributed by atoms with E-state index in [0.29, 0.717) is 11.5 Å². The molecule has 30 heavy (non-hydrogen) atoms. The van der Waals surface area contributed by atoms with Gasteiger partial charge >= 0.3 is 0 Å². The van der Waals surface area contributed by atoms with Gasteiger partial charge in [0.1, 0.15) is 17.6 Å². The Kier molecular flexibility index (Phi) is 4.83. The Bertz CT molecular complexity index is 1130. The minimum absolute atomic E-state index is 0.00478. The number of ether oxygens (including phenoxy) is 2. The summed E-state index contributed by atoms with van der Waals surface area (Å²) in [5.74, 6) is -0.243. The van der Waals surface area contributed by atoms with Crippen molar-refractivity contribution in [2.45, 2.75) is 56.8 Å². The number of nitrogen functional groups attached to an aromatic ring is 1. The maximum Gasteiger partial charge on any atom is 0.226 e. The summed E-state index contributed by atoms with van der Waals surface area (Å²) in [6, 6.07) is 7.98. The van der Waals surface area contributed by atoms with Crippen LogP contribution in [0.5, 0.6) is 0 Å². The highest BCUT2D eigenvalue weighted by Gasteiger charge is 2.55. The lowest BCUT2D eigenvalue weighted by Gasteiger charge is -2.25. The van der Waals surface area contributed by atoms with Crippen LogP contribution >= 0.6 is 27.5 Å². The number of fused-ring (bicyclic) bond motifs is 2. The molecule has 2 aliphatic rings. The van der Waals surface area contributed by atoms with Crippen LogP contribution in [0.4, 0.5) is 5.82 Å². The van der Waals surface area contributed by atoms with E-state index < -0.39 is 5.79 Å². The van der Waals surface area contributed by atoms with Gasteiger partial charge in [-0.25, -0.2) is 4.98 Å². The molecule has 0 amide bonds. The summed E-state index contributed by atoms with van der Waals surface area (Å²) in [5, 5.41) is 10.4. The van der Waals surface area contributed by atoms with Crippen molar-refractivity contribution in [3.05, 3.63) is 51.3 Å². The molecule has 1 aromatic carbocycles. The summed E-state index contributed by atoms with van der Waals surface area (Å²) in [7, 11) is 0. The predicted octanol–water partition coefficient (Wildman–Crippen LogP) is 4.17. The summed E-state index contributed by atoms with van der Waals surface area (Å²) in [4.78, 5) is 8.54. The van der Waals surface area contributed by atoms with Gasteiger partial charge < -0.3 is 24.9 Å². The van der Waals surface area contributed by atoms with E-state index in [4.69, 9.17) is 26.8 Å². The molecular weight excluding hydrogens is 472 g/mol. The first-order valence-corrected chi connectivity index (χ1v) is 11.0. The summed E-state index contributed by atoms with van der Waals surface area (Å²) in [6.07, 6.45) is 2.47. The van der Waals surface area contributed by atoms with Crippen LogP contribution in [0.3, 0.4) is 0 Å². The number of hydrogen-bond donors (Lipinski definition) is 2. The number of halogens is 2. The molecule has 1 aliphatic carbocycles. The van der Waals surface area contributed by atoms with Crippen molar-refractivity contribution in [1.82, 2.24) is 14.5 Å². The van der Waals surface area contributed by atoms with Crippen LogP contribution in [0, 0.1) is 0 Å². The van der Waals surface area contributed by atoms with Crippen molar-refractivity contribution in [3.63, 3.8) is 0 Å². The largest absolute Gasteiger partial charge is 0.392 e. The van der Waals surface area contributed by atoms with Gasteiger partial charge in [0.15, 0.2) is 5.79 Å². The third-order valence-electron chi connectivity index (χ3n) is 5.98. The number of nitrogens with two attached hydrogens (primary N) is 1. The van der Waals surface area contributed by atoms with E-state index in [1.165, 1.54) is 0 Å². The van der Waals surface area contributed by atoms with Crippen LogP contribution in [0.15, 0.2) is 34.9 Å². The molecule has 9 heteroatoms. The van der Waals surface area contributed by atoms with Crippen molar-refractivity contribution in [3.8, 4) is 0 Å². The Morgan fingerprint density at radius 1 is 1.30 bits per heavy atom. The number of benzene rings is 1. The average molecular weight is 494 g/mol. The summed E-state index contributed by atoms with van der Waals surface area (Å²) >= 11 is 9.71. The van der Waals surface area contributed by atoms with Crippen molar-refractivity contribution >= 4 is 44.4 Å². The van der Waals surface area contributed by atoms with Crippen LogP contribution < -0.4 is 5.73 Å². The Labute approximate surface area is 187 Å². The van der Waals surface area contributed by atoms with Gasteiger partial charge in [-0.2, -0.15) is 4.98 Å². The van der Waals surface area contributed by atoms with Crippen molar-refractivity contribution < 1.29 is 14.6 Å². The molecule has 2 aromatic heterocycles. The van der Waals surface area contributed by atoms with E-state index in [9.17, 15) is 5.11 Å². The van der Waals surface area contributed by atoms with Crippen LogP contribution in [-0.2, 0) is 16.1 Å². The molecule has 7 nitrogen and oxygen atoms in total. The van der Waals surface area contributed by atoms with Gasteiger partial charge in [-0.05, 0) is 58.9 Å². The van der Waals surface area contributed by atoms with E-state index in [0.717, 1.165) is 27.4 Å². The monoisotopic (exact) mass is 492 g/mol. The Balaban J connectivity index is 1.62. The second-order valence-corrected chi connectivity index (χ2v) is 9.53. The van der Waals surface area contributed by atoms with Gasteiger partial charge in [-0.15, -0.1) is 0 Å². The van der Waals surface area contributed by atoms with Crippen molar-refractivity contribution in [1.29, 1.82) is 0 Å². The fourth-order valence-corrected chi connectivity index (χ4v) is 5.60. The number of aliphatic hydroxyl groups is 1. The first-order chi connectivity index (χ1) is 14.3. The minimum Gasteiger partial charge on any atom is -0.392 e. The van der Waals surface area contributed by atoms with Gasteiger partial charge in [0.25, 0.3) is 0 Å². The standard InChI is InChI=1S/C21H22BrClN4O3/c1-21(2)29-16-12(11-5-3-4-10(6-11)9-28)7-14(17(16)30-21)27-8-13(22)15-18(24)25-20(23)26-19(15)27/h3-6,8,12,14,16-17,28H,7,9H2,1-2H3,(H2,24,25,26)/t12-,14-,16-,17+/m1/s1. The third-order valence-corrected chi connectivity index (χ3v) is 6.75. The molecule has 2 fully saturated rings. The van der Waals surface area contributed by atoms with Crippen LogP contribution in [0.25, 0.3) is 11.0 Å². The van der Waals surface area contributed by atoms with Gasteiger partial charge in [0.2, 0.25) is 5.28 Å². The maximum absolute atomic E-state index is 9.57. The Morgan fingerprint density at radius 3 is 2.83 bits per heavy atom. The molecular formula is C21H22BrClN4O3. The molecule has 4 atom stereocenters. The minimum atomic E-state index is -0.688. The summed E-state index contributed by atoms with van der Waals surface area (Å²) in [5.41, 5.74) is 8.79. The van der Waals surface area contributed by atoms with Crippen LogP contribution in [0.1, 0.15) is 43.4 Å². The Hall–Kier alpha value is -1.71. The first-order valence-electron chi connectivity index (χ1n) is 9.82. The molecule has 1 saturated heterocycles. The van der Waals surface area contributed by atoms with E-state index in [1.807, 2.05) is 38.2 Å². The fraction of sp³-hybridized carbons (Fsp3) is 0.429. The molecule has 0 radical (unpaired) electrons. The molecule has 3 heterocycles. The maximum atomic E-state index is 9.57. The first kappa shape index (κ1) is 20.2. The zero-order chi connectivity index (χ0) is 21.2. The van der Waals surface area contributed by atoms with Gasteiger partial charge in [0, 0.05) is 16.6 Å². The van der Waals surface area contributed by atoms with Gasteiger partial charge in [0.05, 0.1) is 24.1 Å². The van der Waals surface area contributed by atoms with Gasteiger partial charge in [-0.3, -0.25) is 0 Å². The van der Waals surface area contributed by atoms with Crippen molar-refractivity contribution in [2.75, 3.05) is 5.73 Å². The van der Waals surface area contributed by atoms with Crippen LogP contribution in [-0.4, -0.2) is 37.6 Å². The van der Waals surface area contributed by atoms with E-state index in [2.05, 4.69) is 36.5 Å². The number of nitrogens with zero attached hydrogens (tertiary/aromatic N) is 3. The smallest absolute Gasteiger partial charge is 0.226 e. The number of aliphatic hydroxyl groups excluding tert-OH is 1. The summed E-state index contributed by atoms with van der Waals surface area (Å²) < 4.78 is 15.6. The molecule has 5 rings (SSSR count). The molecule has 1 aliphatic heterocycles. The third kappa shape index (κ3) is 3.22. The highest BCUT2D eigenvalue weighted by molar-refractivity contribution is 9.10. The number of rotatable bonds is 3. The second kappa shape index (κ2) is 7.17. The Morgan fingerprint density at radius 2 is 2.07 bits per heavy atom.